The number of rotatable bonds is 8. The van der Waals surface area contributed by atoms with Crippen LogP contribution in [0.4, 0.5) is 0 Å². The van der Waals surface area contributed by atoms with E-state index in [2.05, 4.69) is 40.9 Å². The Balaban J connectivity index is 4.69. The largest absolute Gasteiger partial charge is 0.317 e. The van der Waals surface area contributed by atoms with Gasteiger partial charge in [-0.3, -0.25) is 0 Å². The average Bonchev–Trinajstić information content (AvgIpc) is 2.01. The summed E-state index contributed by atoms with van der Waals surface area (Å²) < 4.78 is 1.15. The number of hydrogen-bond acceptors (Lipinski definition) is 0. The van der Waals surface area contributed by atoms with Crippen molar-refractivity contribution in [2.75, 3.05) is 26.2 Å². The quantitative estimate of drug-likeness (QED) is 0.422. The third kappa shape index (κ3) is 5.78. The molecule has 0 spiro atoms. The molecule has 0 heterocycles. The Bertz CT molecular complexity index is 191. The van der Waals surface area contributed by atoms with Crippen molar-refractivity contribution in [3.63, 3.8) is 0 Å². The zero-order valence-electron chi connectivity index (χ0n) is 11.1. The maximum atomic E-state index is 4.07. The van der Waals surface area contributed by atoms with Crippen LogP contribution in [0.3, 0.4) is 0 Å². The molecule has 0 aromatic carbocycles. The van der Waals surface area contributed by atoms with E-state index in [0.29, 0.717) is 0 Å². The lowest BCUT2D eigenvalue weighted by atomic mass is 10.1. The zero-order valence-corrected chi connectivity index (χ0v) is 11.1. The van der Waals surface area contributed by atoms with Gasteiger partial charge in [0, 0.05) is 0 Å². The van der Waals surface area contributed by atoms with Crippen molar-refractivity contribution in [1.29, 1.82) is 0 Å². The molecule has 0 aromatic rings. The first-order valence-corrected chi connectivity index (χ1v) is 6.09. The maximum Gasteiger partial charge on any atom is 0.100 e. The second-order valence-corrected chi connectivity index (χ2v) is 5.02. The summed E-state index contributed by atoms with van der Waals surface area (Å²) in [6, 6.07) is 0. The molecule has 88 valence electrons. The highest BCUT2D eigenvalue weighted by molar-refractivity contribution is 4.92. The molecule has 0 unspecified atom stereocenters. The van der Waals surface area contributed by atoms with Crippen molar-refractivity contribution in [3.05, 3.63) is 24.3 Å². The molecule has 0 fully saturated rings. The van der Waals surface area contributed by atoms with Crippen LogP contribution in [0.2, 0.25) is 0 Å². The van der Waals surface area contributed by atoms with Gasteiger partial charge in [0.05, 0.1) is 13.1 Å². The first kappa shape index (κ1) is 14.4. The van der Waals surface area contributed by atoms with Crippen molar-refractivity contribution in [3.8, 4) is 0 Å². The van der Waals surface area contributed by atoms with E-state index in [4.69, 9.17) is 0 Å². The molecule has 0 aromatic heterocycles. The molecular weight excluding hydrogens is 182 g/mol. The highest BCUT2D eigenvalue weighted by atomic mass is 15.3. The van der Waals surface area contributed by atoms with Crippen LogP contribution >= 0.6 is 0 Å². The van der Waals surface area contributed by atoms with Gasteiger partial charge in [0.1, 0.15) is 13.1 Å². The minimum atomic E-state index is 1.11. The van der Waals surface area contributed by atoms with Gasteiger partial charge in [0.25, 0.3) is 0 Å². The van der Waals surface area contributed by atoms with Gasteiger partial charge in [-0.05, 0) is 37.8 Å². The molecule has 1 heteroatoms. The van der Waals surface area contributed by atoms with Crippen LogP contribution in [0.25, 0.3) is 0 Å². The minimum absolute atomic E-state index is 1.11. The van der Waals surface area contributed by atoms with Crippen LogP contribution in [0.5, 0.6) is 0 Å². The summed E-state index contributed by atoms with van der Waals surface area (Å²) in [6.45, 7) is 21.6. The van der Waals surface area contributed by atoms with E-state index in [1.165, 1.54) is 37.1 Å². The van der Waals surface area contributed by atoms with Gasteiger partial charge in [-0.15, -0.1) is 0 Å². The third-order valence-corrected chi connectivity index (χ3v) is 2.61. The number of nitrogens with zero attached hydrogens (tertiary/aromatic N) is 1. The Kier molecular flexibility index (Phi) is 6.58. The molecule has 1 nitrogen and oxygen atoms in total. The molecule has 0 amide bonds. The predicted octanol–water partition coefficient (Wildman–Crippen LogP) is 3.78. The fourth-order valence-corrected chi connectivity index (χ4v) is 2.58. The summed E-state index contributed by atoms with van der Waals surface area (Å²) >= 11 is 0. The van der Waals surface area contributed by atoms with E-state index < -0.39 is 0 Å². The lowest BCUT2D eigenvalue weighted by Gasteiger charge is -2.39. The van der Waals surface area contributed by atoms with Gasteiger partial charge in [-0.1, -0.05) is 27.0 Å². The minimum Gasteiger partial charge on any atom is -0.317 e. The van der Waals surface area contributed by atoms with Gasteiger partial charge < -0.3 is 4.48 Å². The summed E-state index contributed by atoms with van der Waals surface area (Å²) in [7, 11) is 0. The smallest absolute Gasteiger partial charge is 0.100 e. The van der Waals surface area contributed by atoms with Crippen LogP contribution in [-0.4, -0.2) is 30.7 Å². The summed E-state index contributed by atoms with van der Waals surface area (Å²) in [4.78, 5) is 0. The molecule has 15 heavy (non-hydrogen) atoms. The lowest BCUT2D eigenvalue weighted by molar-refractivity contribution is -0.919. The van der Waals surface area contributed by atoms with E-state index in [1.54, 1.807) is 0 Å². The molecule has 0 aliphatic carbocycles. The highest BCUT2D eigenvalue weighted by Gasteiger charge is 2.25. The van der Waals surface area contributed by atoms with Gasteiger partial charge in [-0.2, -0.15) is 0 Å². The molecule has 0 saturated heterocycles. The predicted molar refractivity (Wildman–Crippen MR) is 69.9 cm³/mol. The van der Waals surface area contributed by atoms with E-state index in [9.17, 15) is 0 Å². The number of quaternary nitrogens is 1. The molecular formula is C14H28N+. The monoisotopic (exact) mass is 210 g/mol. The van der Waals surface area contributed by atoms with Crippen molar-refractivity contribution >= 4 is 0 Å². The van der Waals surface area contributed by atoms with Crippen LogP contribution in [0.15, 0.2) is 24.3 Å². The summed E-state index contributed by atoms with van der Waals surface area (Å²) in [5.74, 6) is 0. The Morgan fingerprint density at radius 3 is 1.40 bits per heavy atom. The van der Waals surface area contributed by atoms with Crippen molar-refractivity contribution < 1.29 is 4.48 Å². The molecule has 0 aliphatic rings. The first-order chi connectivity index (χ1) is 6.95. The summed E-state index contributed by atoms with van der Waals surface area (Å²) in [5.41, 5.74) is 2.58. The fourth-order valence-electron chi connectivity index (χ4n) is 2.58. The van der Waals surface area contributed by atoms with Crippen LogP contribution in [-0.2, 0) is 0 Å². The molecule has 0 saturated carbocycles. The molecule has 0 atom stereocenters. The van der Waals surface area contributed by atoms with Crippen LogP contribution in [0.1, 0.15) is 40.5 Å². The van der Waals surface area contributed by atoms with E-state index in [0.717, 1.165) is 17.6 Å². The van der Waals surface area contributed by atoms with Crippen molar-refractivity contribution in [1.82, 2.24) is 0 Å². The van der Waals surface area contributed by atoms with Crippen molar-refractivity contribution in [2.24, 2.45) is 0 Å². The Labute approximate surface area is 96.1 Å². The van der Waals surface area contributed by atoms with Gasteiger partial charge in [0.2, 0.25) is 0 Å². The fraction of sp³-hybridized carbons (Fsp3) is 0.714. The topological polar surface area (TPSA) is 0 Å². The normalized spacial score (nSPS) is 11.5. The van der Waals surface area contributed by atoms with Crippen molar-refractivity contribution in [2.45, 2.75) is 40.5 Å². The molecule has 0 radical (unpaired) electrons. The second-order valence-electron chi connectivity index (χ2n) is 5.02. The van der Waals surface area contributed by atoms with E-state index >= 15 is 0 Å². The molecule has 0 N–H and O–H groups in total. The molecule has 0 rings (SSSR count). The zero-order chi connectivity index (χ0) is 11.9. The Morgan fingerprint density at radius 2 is 1.20 bits per heavy atom. The van der Waals surface area contributed by atoms with Gasteiger partial charge in [-0.25, -0.2) is 0 Å². The third-order valence-electron chi connectivity index (χ3n) is 2.61. The Hall–Kier alpha value is -0.560. The summed E-state index contributed by atoms with van der Waals surface area (Å²) in [5, 5.41) is 0. The standard InChI is InChI=1S/C14H28N/c1-7-9-15(10-8-2,11-13(3)4)12-14(5)6/h3,5,7-12H2,1-2,4,6H3/q+1. The van der Waals surface area contributed by atoms with E-state index in [1.807, 2.05) is 0 Å². The molecule has 0 aliphatic heterocycles. The first-order valence-electron chi connectivity index (χ1n) is 6.09. The number of hydrogen-bond donors (Lipinski definition) is 0. The molecule has 0 bridgehead atoms. The SMILES string of the molecule is C=C(C)C[N+](CCC)(CCC)CC(=C)C. The Morgan fingerprint density at radius 1 is 0.867 bits per heavy atom. The summed E-state index contributed by atoms with van der Waals surface area (Å²) in [6.07, 6.45) is 2.47. The van der Waals surface area contributed by atoms with Crippen LogP contribution in [0, 0.1) is 0 Å². The van der Waals surface area contributed by atoms with Gasteiger partial charge >= 0.3 is 0 Å². The highest BCUT2D eigenvalue weighted by Crippen LogP contribution is 2.15. The second kappa shape index (κ2) is 6.84. The average molecular weight is 210 g/mol. The van der Waals surface area contributed by atoms with E-state index in [-0.39, 0.29) is 0 Å². The van der Waals surface area contributed by atoms with Crippen LogP contribution < -0.4 is 0 Å². The maximum absolute atomic E-state index is 4.07. The van der Waals surface area contributed by atoms with Gasteiger partial charge in [0.15, 0.2) is 0 Å². The lowest BCUT2D eigenvalue weighted by Crippen LogP contribution is -2.51.